The van der Waals surface area contributed by atoms with Crippen molar-refractivity contribution in [1.82, 2.24) is 19.4 Å². The zero-order chi connectivity index (χ0) is 24.9. The summed E-state index contributed by atoms with van der Waals surface area (Å²) in [5.74, 6) is -0.112. The molecule has 0 radical (unpaired) electrons. The molecule has 0 aliphatic carbocycles. The molecular weight excluding hydrogens is 442 g/mol. The Morgan fingerprint density at radius 1 is 1.00 bits per heavy atom. The number of aryl methyl sites for hydroxylation is 3. The molecule has 0 saturated carbocycles. The van der Waals surface area contributed by atoms with Crippen molar-refractivity contribution in [3.8, 4) is 0 Å². The summed E-state index contributed by atoms with van der Waals surface area (Å²) < 4.78 is 2.77. The van der Waals surface area contributed by atoms with Gasteiger partial charge in [-0.1, -0.05) is 24.3 Å². The summed E-state index contributed by atoms with van der Waals surface area (Å²) in [7, 11) is 1.59. The Morgan fingerprint density at radius 2 is 1.77 bits per heavy atom. The smallest absolute Gasteiger partial charge is 0.316 e. The third-order valence-corrected chi connectivity index (χ3v) is 6.85. The van der Waals surface area contributed by atoms with Crippen molar-refractivity contribution in [3.63, 3.8) is 0 Å². The van der Waals surface area contributed by atoms with Gasteiger partial charge < -0.3 is 19.4 Å². The van der Waals surface area contributed by atoms with Crippen LogP contribution < -0.4 is 21.3 Å². The van der Waals surface area contributed by atoms with Gasteiger partial charge in [0.15, 0.2) is 0 Å². The maximum atomic E-state index is 12.5. The number of hydrogen-bond donors (Lipinski definition) is 1. The van der Waals surface area contributed by atoms with Crippen LogP contribution in [0.25, 0.3) is 11.0 Å². The Hall–Kier alpha value is -3.39. The number of anilines is 1. The predicted molar refractivity (Wildman–Crippen MR) is 140 cm³/mol. The number of carbonyl (C=O) groups is 1. The quantitative estimate of drug-likeness (QED) is 0.397. The molecule has 1 amide bonds. The average Bonchev–Trinajstić information content (AvgIpc) is 2.85. The molecule has 3 aromatic rings. The van der Waals surface area contributed by atoms with E-state index in [1.54, 1.807) is 19.2 Å². The van der Waals surface area contributed by atoms with Gasteiger partial charge in [-0.15, -0.1) is 0 Å². The molecule has 1 atom stereocenters. The van der Waals surface area contributed by atoms with Crippen molar-refractivity contribution < 1.29 is 4.79 Å². The Bertz CT molecular complexity index is 1310. The van der Waals surface area contributed by atoms with Gasteiger partial charge in [-0.05, 0) is 56.6 Å². The van der Waals surface area contributed by atoms with Crippen LogP contribution in [0, 0.1) is 6.92 Å². The fourth-order valence-corrected chi connectivity index (χ4v) is 4.93. The van der Waals surface area contributed by atoms with Gasteiger partial charge in [-0.3, -0.25) is 19.3 Å². The maximum Gasteiger partial charge on any atom is 0.316 e. The molecule has 1 N–H and O–H groups in total. The number of piperazine rings is 1. The molecule has 2 aromatic carbocycles. The lowest BCUT2D eigenvalue weighted by molar-refractivity contribution is -0.121. The van der Waals surface area contributed by atoms with Crippen molar-refractivity contribution in [2.75, 3.05) is 37.6 Å². The largest absolute Gasteiger partial charge is 0.366 e. The molecule has 35 heavy (non-hydrogen) atoms. The normalized spacial score (nSPS) is 16.5. The number of nitrogens with zero attached hydrogens (tertiary/aromatic N) is 4. The first-order chi connectivity index (χ1) is 16.8. The van der Waals surface area contributed by atoms with Gasteiger partial charge in [0.05, 0.1) is 11.0 Å². The molecule has 1 aromatic heterocycles. The van der Waals surface area contributed by atoms with E-state index in [1.807, 2.05) is 12.1 Å². The highest BCUT2D eigenvalue weighted by molar-refractivity contribution is 5.77. The van der Waals surface area contributed by atoms with E-state index >= 15 is 0 Å². The Kier molecular flexibility index (Phi) is 7.70. The van der Waals surface area contributed by atoms with E-state index in [0.29, 0.717) is 23.6 Å². The third kappa shape index (κ3) is 5.65. The van der Waals surface area contributed by atoms with Crippen LogP contribution in [0.1, 0.15) is 25.3 Å². The number of carbonyl (C=O) groups excluding carboxylic acids is 1. The van der Waals surface area contributed by atoms with Crippen molar-refractivity contribution in [2.45, 2.75) is 39.3 Å². The van der Waals surface area contributed by atoms with E-state index in [1.165, 1.54) is 20.4 Å². The molecule has 8 nitrogen and oxygen atoms in total. The minimum Gasteiger partial charge on any atom is -0.366 e. The van der Waals surface area contributed by atoms with Gasteiger partial charge in [-0.2, -0.15) is 0 Å². The summed E-state index contributed by atoms with van der Waals surface area (Å²) in [6.07, 6.45) is 1.03. The van der Waals surface area contributed by atoms with Crippen molar-refractivity contribution in [2.24, 2.45) is 7.05 Å². The molecule has 2 heterocycles. The second-order valence-electron chi connectivity index (χ2n) is 9.45. The van der Waals surface area contributed by atoms with E-state index in [0.717, 1.165) is 32.6 Å². The molecule has 0 spiro atoms. The van der Waals surface area contributed by atoms with Crippen LogP contribution in [0.15, 0.2) is 58.1 Å². The Labute approximate surface area is 205 Å². The SMILES string of the molecule is Cc1cccc(N2CCN(CCCNC(=O)CCn3c(=O)c(=O)n(C)c4ccccc43)C[C@H]2C)c1. The van der Waals surface area contributed by atoms with Crippen molar-refractivity contribution >= 4 is 22.6 Å². The van der Waals surface area contributed by atoms with Gasteiger partial charge in [-0.25, -0.2) is 0 Å². The van der Waals surface area contributed by atoms with E-state index in [2.05, 4.69) is 53.2 Å². The molecule has 186 valence electrons. The number of fused-ring (bicyclic) bond motifs is 1. The number of aromatic nitrogens is 2. The summed E-state index contributed by atoms with van der Waals surface area (Å²) in [5.41, 5.74) is 2.72. The standard InChI is InChI=1S/C27H35N5O3/c1-20-8-6-9-22(18-20)31-17-16-30(19-21(31)2)14-7-13-28-25(33)12-15-32-24-11-5-4-10-23(24)29(3)26(34)27(32)35/h4-6,8-11,18,21H,7,12-17,19H2,1-3H3,(H,28,33)/t21-/m1/s1. The lowest BCUT2D eigenvalue weighted by Gasteiger charge is -2.41. The zero-order valence-electron chi connectivity index (χ0n) is 20.9. The molecule has 1 aliphatic heterocycles. The van der Waals surface area contributed by atoms with Gasteiger partial charge in [0.2, 0.25) is 5.91 Å². The molecule has 1 saturated heterocycles. The zero-order valence-corrected chi connectivity index (χ0v) is 20.9. The number of rotatable bonds is 8. The van der Waals surface area contributed by atoms with Crippen LogP contribution in [0.5, 0.6) is 0 Å². The van der Waals surface area contributed by atoms with Crippen LogP contribution >= 0.6 is 0 Å². The second kappa shape index (κ2) is 10.9. The Morgan fingerprint density at radius 3 is 2.51 bits per heavy atom. The van der Waals surface area contributed by atoms with E-state index in [4.69, 9.17) is 0 Å². The van der Waals surface area contributed by atoms with Crippen LogP contribution in [-0.2, 0) is 18.4 Å². The van der Waals surface area contributed by atoms with Gasteiger partial charge >= 0.3 is 11.1 Å². The van der Waals surface area contributed by atoms with Crippen LogP contribution in [0.4, 0.5) is 5.69 Å². The average molecular weight is 478 g/mol. The molecule has 1 aliphatic rings. The van der Waals surface area contributed by atoms with Gasteiger partial charge in [0.25, 0.3) is 0 Å². The van der Waals surface area contributed by atoms with E-state index in [-0.39, 0.29) is 18.9 Å². The number of benzene rings is 2. The first-order valence-electron chi connectivity index (χ1n) is 12.4. The fourth-order valence-electron chi connectivity index (χ4n) is 4.93. The first-order valence-corrected chi connectivity index (χ1v) is 12.4. The topological polar surface area (TPSA) is 79.6 Å². The third-order valence-electron chi connectivity index (χ3n) is 6.85. The summed E-state index contributed by atoms with van der Waals surface area (Å²) >= 11 is 0. The lowest BCUT2D eigenvalue weighted by Crippen LogP contribution is -2.52. The highest BCUT2D eigenvalue weighted by atomic mass is 16.2. The number of amides is 1. The molecular formula is C27H35N5O3. The molecule has 8 heteroatoms. The van der Waals surface area contributed by atoms with E-state index in [9.17, 15) is 14.4 Å². The number of nitrogens with one attached hydrogen (secondary N) is 1. The molecule has 0 bridgehead atoms. The summed E-state index contributed by atoms with van der Waals surface area (Å²) in [4.78, 5) is 42.1. The number of para-hydroxylation sites is 2. The summed E-state index contributed by atoms with van der Waals surface area (Å²) in [6, 6.07) is 16.3. The number of hydrogen-bond acceptors (Lipinski definition) is 5. The highest BCUT2D eigenvalue weighted by Crippen LogP contribution is 2.21. The monoisotopic (exact) mass is 477 g/mol. The minimum atomic E-state index is -0.599. The van der Waals surface area contributed by atoms with Crippen LogP contribution in [0.3, 0.4) is 0 Å². The lowest BCUT2D eigenvalue weighted by atomic mass is 10.1. The molecule has 0 unspecified atom stereocenters. The second-order valence-corrected chi connectivity index (χ2v) is 9.45. The van der Waals surface area contributed by atoms with Crippen LogP contribution in [0.2, 0.25) is 0 Å². The Balaban J connectivity index is 1.23. The van der Waals surface area contributed by atoms with Gasteiger partial charge in [0.1, 0.15) is 0 Å². The predicted octanol–water partition coefficient (Wildman–Crippen LogP) is 2.12. The van der Waals surface area contributed by atoms with Crippen LogP contribution in [-0.4, -0.2) is 58.7 Å². The van der Waals surface area contributed by atoms with E-state index < -0.39 is 11.1 Å². The molecule has 4 rings (SSSR count). The summed E-state index contributed by atoms with van der Waals surface area (Å²) in [5, 5.41) is 2.96. The van der Waals surface area contributed by atoms with Gasteiger partial charge in [0, 0.05) is 57.9 Å². The van der Waals surface area contributed by atoms with Crippen molar-refractivity contribution in [3.05, 3.63) is 74.8 Å². The first kappa shape index (κ1) is 24.7. The van der Waals surface area contributed by atoms with Crippen molar-refractivity contribution in [1.29, 1.82) is 0 Å². The fraction of sp³-hybridized carbons (Fsp3) is 0.444. The highest BCUT2D eigenvalue weighted by Gasteiger charge is 2.23. The summed E-state index contributed by atoms with van der Waals surface area (Å²) in [6.45, 7) is 9.10. The minimum absolute atomic E-state index is 0.112. The molecule has 1 fully saturated rings. The maximum absolute atomic E-state index is 12.5.